The quantitative estimate of drug-likeness (QED) is 0.436. The molecule has 0 fully saturated rings. The number of aromatic nitrogens is 4. The van der Waals surface area contributed by atoms with Gasteiger partial charge < -0.3 is 5.32 Å². The molecule has 0 radical (unpaired) electrons. The summed E-state index contributed by atoms with van der Waals surface area (Å²) in [7, 11) is 0. The minimum absolute atomic E-state index is 0.384. The number of nitrogen functional groups attached to an aromatic ring is 1. The monoisotopic (exact) mass is 277 g/mol. The molecule has 2 heterocycles. The predicted octanol–water partition coefficient (Wildman–Crippen LogP) is 2.41. The van der Waals surface area contributed by atoms with E-state index < -0.39 is 0 Å². The van der Waals surface area contributed by atoms with Gasteiger partial charge >= 0.3 is 0 Å². The Morgan fingerprint density at radius 2 is 2.10 bits per heavy atom. The van der Waals surface area contributed by atoms with Crippen LogP contribution in [0.2, 0.25) is 0 Å². The third kappa shape index (κ3) is 3.36. The van der Waals surface area contributed by atoms with Gasteiger partial charge in [0.1, 0.15) is 5.82 Å². The summed E-state index contributed by atoms with van der Waals surface area (Å²) in [5.41, 5.74) is 3.17. The molecule has 0 bridgehead atoms. The number of hydrogen-bond acceptors (Lipinski definition) is 6. The average molecular weight is 277 g/mol. The number of aromatic amines is 1. The van der Waals surface area contributed by atoms with E-state index in [0.29, 0.717) is 17.6 Å². The fourth-order valence-electron chi connectivity index (χ4n) is 2.29. The minimum atomic E-state index is 0.384. The number of H-pyrrole nitrogens is 1. The first kappa shape index (κ1) is 14.5. The third-order valence-corrected chi connectivity index (χ3v) is 3.32. The normalized spacial score (nSPS) is 12.6. The second kappa shape index (κ2) is 7.04. The lowest BCUT2D eigenvalue weighted by atomic mass is 10.1. The predicted molar refractivity (Wildman–Crippen MR) is 81.3 cm³/mol. The maximum absolute atomic E-state index is 5.41. The molecule has 0 saturated carbocycles. The summed E-state index contributed by atoms with van der Waals surface area (Å²) in [5.74, 6) is 6.58. The van der Waals surface area contributed by atoms with Gasteiger partial charge in [0.2, 0.25) is 5.95 Å². The molecule has 2 aromatic rings. The molecule has 2 rings (SSSR count). The van der Waals surface area contributed by atoms with Crippen LogP contribution in [-0.4, -0.2) is 26.2 Å². The zero-order chi connectivity index (χ0) is 14.4. The first-order chi connectivity index (χ1) is 9.78. The average Bonchev–Trinajstić information content (AvgIpc) is 2.93. The Kier molecular flexibility index (Phi) is 5.11. The molecule has 7 nitrogen and oxygen atoms in total. The van der Waals surface area contributed by atoms with Crippen LogP contribution in [0.3, 0.4) is 0 Å². The van der Waals surface area contributed by atoms with Crippen LogP contribution in [0.4, 0.5) is 11.8 Å². The van der Waals surface area contributed by atoms with Gasteiger partial charge in [-0.3, -0.25) is 10.5 Å². The summed E-state index contributed by atoms with van der Waals surface area (Å²) in [6.45, 7) is 4.40. The molecule has 20 heavy (non-hydrogen) atoms. The number of rotatable bonds is 8. The molecule has 0 aliphatic rings. The van der Waals surface area contributed by atoms with Crippen LogP contribution < -0.4 is 16.6 Å². The maximum Gasteiger partial charge on any atom is 0.241 e. The summed E-state index contributed by atoms with van der Waals surface area (Å²) < 4.78 is 0. The van der Waals surface area contributed by atoms with Gasteiger partial charge in [0, 0.05) is 6.04 Å². The molecular formula is C13H23N7. The highest BCUT2D eigenvalue weighted by atomic mass is 15.3. The molecule has 7 heteroatoms. The fraction of sp³-hybridized carbons (Fsp3) is 0.615. The van der Waals surface area contributed by atoms with Crippen molar-refractivity contribution in [2.45, 2.75) is 52.0 Å². The fourth-order valence-corrected chi connectivity index (χ4v) is 2.29. The van der Waals surface area contributed by atoms with E-state index in [1.54, 1.807) is 6.20 Å². The molecule has 0 aliphatic heterocycles. The van der Waals surface area contributed by atoms with E-state index in [1.807, 2.05) is 0 Å². The van der Waals surface area contributed by atoms with Gasteiger partial charge in [-0.1, -0.05) is 33.1 Å². The van der Waals surface area contributed by atoms with E-state index in [9.17, 15) is 0 Å². The van der Waals surface area contributed by atoms with Gasteiger partial charge in [0.05, 0.1) is 11.6 Å². The largest absolute Gasteiger partial charge is 0.367 e. The Hall–Kier alpha value is -1.89. The summed E-state index contributed by atoms with van der Waals surface area (Å²) in [6, 6.07) is 0.415. The number of fused-ring (bicyclic) bond motifs is 1. The highest BCUT2D eigenvalue weighted by Crippen LogP contribution is 2.22. The highest BCUT2D eigenvalue weighted by Gasteiger charge is 2.13. The van der Waals surface area contributed by atoms with Crippen molar-refractivity contribution in [2.24, 2.45) is 5.84 Å². The molecule has 1 atom stereocenters. The second-order valence-electron chi connectivity index (χ2n) is 4.94. The zero-order valence-electron chi connectivity index (χ0n) is 12.1. The molecule has 0 spiro atoms. The number of nitrogens with zero attached hydrogens (tertiary/aromatic N) is 3. The van der Waals surface area contributed by atoms with Crippen molar-refractivity contribution in [2.75, 3.05) is 10.7 Å². The highest BCUT2D eigenvalue weighted by molar-refractivity contribution is 5.87. The molecule has 1 unspecified atom stereocenters. The standard InChI is InChI=1S/C13H23N7/c1-3-5-7-9(6-4-2)16-11-10-8-15-20-12(10)18-13(17-11)19-14/h8-9H,3-7,14H2,1-2H3,(H3,15,16,17,18,19,20). The number of anilines is 2. The Balaban J connectivity index is 2.23. The number of unbranched alkanes of at least 4 members (excludes halogenated alkanes) is 1. The van der Waals surface area contributed by atoms with Crippen molar-refractivity contribution in [3.8, 4) is 0 Å². The first-order valence-electron chi connectivity index (χ1n) is 7.22. The van der Waals surface area contributed by atoms with Crippen molar-refractivity contribution in [1.29, 1.82) is 0 Å². The number of hydrogen-bond donors (Lipinski definition) is 4. The van der Waals surface area contributed by atoms with E-state index in [4.69, 9.17) is 5.84 Å². The van der Waals surface area contributed by atoms with Gasteiger partial charge in [-0.2, -0.15) is 15.1 Å². The molecule has 2 aromatic heterocycles. The molecule has 0 amide bonds. The third-order valence-electron chi connectivity index (χ3n) is 3.32. The smallest absolute Gasteiger partial charge is 0.241 e. The van der Waals surface area contributed by atoms with Gasteiger partial charge in [-0.05, 0) is 12.8 Å². The van der Waals surface area contributed by atoms with Gasteiger partial charge in [0.25, 0.3) is 0 Å². The van der Waals surface area contributed by atoms with E-state index in [2.05, 4.69) is 44.8 Å². The van der Waals surface area contributed by atoms with Crippen LogP contribution in [0.15, 0.2) is 6.20 Å². The maximum atomic E-state index is 5.41. The lowest BCUT2D eigenvalue weighted by molar-refractivity contribution is 0.563. The van der Waals surface area contributed by atoms with Gasteiger partial charge in [-0.15, -0.1) is 0 Å². The van der Waals surface area contributed by atoms with E-state index in [0.717, 1.165) is 30.5 Å². The number of nitrogens with two attached hydrogens (primary N) is 1. The molecule has 0 aliphatic carbocycles. The Bertz CT molecular complexity index is 536. The van der Waals surface area contributed by atoms with Crippen LogP contribution >= 0.6 is 0 Å². The molecule has 0 saturated heterocycles. The lowest BCUT2D eigenvalue weighted by Gasteiger charge is -2.19. The molecular weight excluding hydrogens is 254 g/mol. The van der Waals surface area contributed by atoms with Crippen LogP contribution in [0.25, 0.3) is 11.0 Å². The van der Waals surface area contributed by atoms with E-state index in [1.165, 1.54) is 12.8 Å². The van der Waals surface area contributed by atoms with Crippen LogP contribution in [-0.2, 0) is 0 Å². The Morgan fingerprint density at radius 3 is 2.80 bits per heavy atom. The molecule has 0 aromatic carbocycles. The summed E-state index contributed by atoms with van der Waals surface area (Å²) in [4.78, 5) is 8.63. The van der Waals surface area contributed by atoms with Crippen molar-refractivity contribution in [3.63, 3.8) is 0 Å². The van der Waals surface area contributed by atoms with Gasteiger partial charge in [-0.25, -0.2) is 5.84 Å². The first-order valence-corrected chi connectivity index (χ1v) is 7.22. The summed E-state index contributed by atoms with van der Waals surface area (Å²) in [5, 5.41) is 11.3. The van der Waals surface area contributed by atoms with Crippen LogP contribution in [0, 0.1) is 0 Å². The number of hydrazine groups is 1. The van der Waals surface area contributed by atoms with Crippen LogP contribution in [0.1, 0.15) is 46.0 Å². The van der Waals surface area contributed by atoms with E-state index in [-0.39, 0.29) is 0 Å². The SMILES string of the molecule is CCCCC(CCC)Nc1nc(NN)nc2[nH]ncc12. The molecule has 110 valence electrons. The van der Waals surface area contributed by atoms with Crippen molar-refractivity contribution < 1.29 is 0 Å². The zero-order valence-corrected chi connectivity index (χ0v) is 12.1. The summed E-state index contributed by atoms with van der Waals surface area (Å²) in [6.07, 6.45) is 7.54. The number of nitrogens with one attached hydrogen (secondary N) is 3. The lowest BCUT2D eigenvalue weighted by Crippen LogP contribution is -2.21. The minimum Gasteiger partial charge on any atom is -0.367 e. The summed E-state index contributed by atoms with van der Waals surface area (Å²) >= 11 is 0. The molecule has 5 N–H and O–H groups in total. The van der Waals surface area contributed by atoms with E-state index >= 15 is 0 Å². The van der Waals surface area contributed by atoms with Crippen molar-refractivity contribution in [1.82, 2.24) is 20.2 Å². The topological polar surface area (TPSA) is 105 Å². The Morgan fingerprint density at radius 1 is 1.25 bits per heavy atom. The van der Waals surface area contributed by atoms with Crippen molar-refractivity contribution >= 4 is 22.8 Å². The van der Waals surface area contributed by atoms with Crippen LogP contribution in [0.5, 0.6) is 0 Å². The Labute approximate surface area is 118 Å². The second-order valence-corrected chi connectivity index (χ2v) is 4.94. The van der Waals surface area contributed by atoms with Crippen molar-refractivity contribution in [3.05, 3.63) is 6.20 Å². The van der Waals surface area contributed by atoms with Gasteiger partial charge in [0.15, 0.2) is 5.65 Å².